The summed E-state index contributed by atoms with van der Waals surface area (Å²) in [6.07, 6.45) is 0.892. The van der Waals surface area contributed by atoms with Crippen LogP contribution in [0.1, 0.15) is 12.5 Å². The van der Waals surface area contributed by atoms with E-state index in [0.717, 1.165) is 30.8 Å². The number of aryl methyl sites for hydroxylation is 1. The summed E-state index contributed by atoms with van der Waals surface area (Å²) in [6.45, 7) is 5.64. The largest absolute Gasteiger partial charge is 0.339 e. The zero-order valence-corrected chi connectivity index (χ0v) is 14.0. The van der Waals surface area contributed by atoms with Crippen molar-refractivity contribution in [1.29, 1.82) is 0 Å². The number of piperazine rings is 1. The molecule has 1 aromatic carbocycles. The Bertz CT molecular complexity index is 539. The van der Waals surface area contributed by atoms with Crippen molar-refractivity contribution >= 4 is 17.5 Å². The van der Waals surface area contributed by atoms with E-state index in [9.17, 15) is 9.59 Å². The van der Waals surface area contributed by atoms with Gasteiger partial charge in [-0.1, -0.05) is 25.1 Å². The zero-order valence-electron chi connectivity index (χ0n) is 14.0. The third kappa shape index (κ3) is 5.04. The minimum atomic E-state index is 0.000835. The number of carbonyl (C=O) groups excluding carboxylic acids is 2. The Morgan fingerprint density at radius 2 is 1.83 bits per heavy atom. The molecule has 1 heterocycles. The second kappa shape index (κ2) is 8.64. The predicted octanol–water partition coefficient (Wildman–Crippen LogP) is 0.551. The molecule has 6 nitrogen and oxygen atoms in total. The van der Waals surface area contributed by atoms with Crippen molar-refractivity contribution < 1.29 is 9.59 Å². The summed E-state index contributed by atoms with van der Waals surface area (Å²) < 4.78 is 0. The Balaban J connectivity index is 1.80. The number of carbonyl (C=O) groups is 2. The van der Waals surface area contributed by atoms with Gasteiger partial charge in [0, 0.05) is 31.9 Å². The van der Waals surface area contributed by atoms with Crippen LogP contribution >= 0.6 is 0 Å². The number of nitrogens with zero attached hydrogens (tertiary/aromatic N) is 2. The molecule has 1 aliphatic heterocycles. The molecule has 2 amide bonds. The lowest BCUT2D eigenvalue weighted by atomic mass is 10.1. The zero-order chi connectivity index (χ0) is 16.7. The van der Waals surface area contributed by atoms with Crippen molar-refractivity contribution in [3.63, 3.8) is 0 Å². The standard InChI is InChI=1S/C17H26N4O2/c1-3-14-6-4-5-7-15(14)19-16(22)13-20-8-10-21(11-9-20)17(23)12-18-2/h4-7,18H,3,8-13H2,1-2H3,(H,19,22). The Labute approximate surface area is 137 Å². The van der Waals surface area contributed by atoms with Gasteiger partial charge in [-0.15, -0.1) is 0 Å². The highest BCUT2D eigenvalue weighted by molar-refractivity contribution is 5.93. The summed E-state index contributed by atoms with van der Waals surface area (Å²) in [7, 11) is 1.77. The molecule has 1 fully saturated rings. The quantitative estimate of drug-likeness (QED) is 0.804. The van der Waals surface area contributed by atoms with E-state index < -0.39 is 0 Å². The van der Waals surface area contributed by atoms with E-state index in [1.807, 2.05) is 29.2 Å². The molecule has 0 radical (unpaired) electrons. The molecule has 126 valence electrons. The molecule has 0 aliphatic carbocycles. The summed E-state index contributed by atoms with van der Waals surface area (Å²) in [6, 6.07) is 7.88. The fraction of sp³-hybridized carbons (Fsp3) is 0.529. The van der Waals surface area contributed by atoms with E-state index in [0.29, 0.717) is 26.2 Å². The van der Waals surface area contributed by atoms with Gasteiger partial charge in [-0.05, 0) is 25.1 Å². The molecule has 0 spiro atoms. The second-order valence-corrected chi connectivity index (χ2v) is 5.75. The first-order valence-corrected chi connectivity index (χ1v) is 8.16. The first-order valence-electron chi connectivity index (χ1n) is 8.16. The van der Waals surface area contributed by atoms with Crippen molar-refractivity contribution in [2.75, 3.05) is 51.6 Å². The maximum atomic E-state index is 12.2. The first kappa shape index (κ1) is 17.4. The van der Waals surface area contributed by atoms with E-state index in [1.165, 1.54) is 0 Å². The van der Waals surface area contributed by atoms with Crippen LogP contribution in [0.5, 0.6) is 0 Å². The number of rotatable bonds is 6. The van der Waals surface area contributed by atoms with Gasteiger partial charge in [-0.2, -0.15) is 0 Å². The second-order valence-electron chi connectivity index (χ2n) is 5.75. The minimum Gasteiger partial charge on any atom is -0.339 e. The number of para-hydroxylation sites is 1. The van der Waals surface area contributed by atoms with Gasteiger partial charge in [-0.3, -0.25) is 14.5 Å². The van der Waals surface area contributed by atoms with Crippen LogP contribution < -0.4 is 10.6 Å². The van der Waals surface area contributed by atoms with Crippen LogP contribution in [-0.4, -0.2) is 67.9 Å². The van der Waals surface area contributed by atoms with Crippen LogP contribution in [0.4, 0.5) is 5.69 Å². The van der Waals surface area contributed by atoms with Gasteiger partial charge in [-0.25, -0.2) is 0 Å². The molecule has 2 N–H and O–H groups in total. The van der Waals surface area contributed by atoms with E-state index >= 15 is 0 Å². The van der Waals surface area contributed by atoms with Gasteiger partial charge >= 0.3 is 0 Å². The molecule has 0 atom stereocenters. The highest BCUT2D eigenvalue weighted by Crippen LogP contribution is 2.15. The fourth-order valence-corrected chi connectivity index (χ4v) is 2.76. The lowest BCUT2D eigenvalue weighted by molar-refractivity contribution is -0.132. The van der Waals surface area contributed by atoms with Crippen LogP contribution in [0.3, 0.4) is 0 Å². The Kier molecular flexibility index (Phi) is 6.55. The highest BCUT2D eigenvalue weighted by atomic mass is 16.2. The third-order valence-electron chi connectivity index (χ3n) is 4.09. The van der Waals surface area contributed by atoms with Gasteiger partial charge in [0.2, 0.25) is 11.8 Å². The van der Waals surface area contributed by atoms with Crippen molar-refractivity contribution in [3.05, 3.63) is 29.8 Å². The van der Waals surface area contributed by atoms with Crippen molar-refractivity contribution in [2.24, 2.45) is 0 Å². The molecule has 2 rings (SSSR count). The van der Waals surface area contributed by atoms with E-state index in [2.05, 4.69) is 22.5 Å². The minimum absolute atomic E-state index is 0.000835. The Morgan fingerprint density at radius 1 is 1.13 bits per heavy atom. The number of hydrogen-bond acceptors (Lipinski definition) is 4. The molecule has 23 heavy (non-hydrogen) atoms. The summed E-state index contributed by atoms with van der Waals surface area (Å²) in [5.74, 6) is 0.120. The number of likely N-dealkylation sites (N-methyl/N-ethyl adjacent to an activating group) is 1. The average molecular weight is 318 g/mol. The van der Waals surface area contributed by atoms with E-state index in [1.54, 1.807) is 7.05 Å². The smallest absolute Gasteiger partial charge is 0.238 e. The summed E-state index contributed by atoms with van der Waals surface area (Å²) in [5, 5.41) is 5.87. The fourth-order valence-electron chi connectivity index (χ4n) is 2.76. The molecule has 1 saturated heterocycles. The molecule has 6 heteroatoms. The molecule has 1 aliphatic rings. The number of hydrogen-bond donors (Lipinski definition) is 2. The monoisotopic (exact) mass is 318 g/mol. The third-order valence-corrected chi connectivity index (χ3v) is 4.09. The number of amides is 2. The summed E-state index contributed by atoms with van der Waals surface area (Å²) in [5.41, 5.74) is 2.03. The average Bonchev–Trinajstić information content (AvgIpc) is 2.56. The Hall–Kier alpha value is -1.92. The van der Waals surface area contributed by atoms with Gasteiger partial charge < -0.3 is 15.5 Å². The summed E-state index contributed by atoms with van der Waals surface area (Å²) in [4.78, 5) is 28.0. The number of nitrogens with one attached hydrogen (secondary N) is 2. The van der Waals surface area contributed by atoms with Gasteiger partial charge in [0.05, 0.1) is 13.1 Å². The van der Waals surface area contributed by atoms with Crippen LogP contribution in [0, 0.1) is 0 Å². The molecule has 0 aromatic heterocycles. The molecular formula is C17H26N4O2. The van der Waals surface area contributed by atoms with Crippen LogP contribution in [0.15, 0.2) is 24.3 Å². The number of anilines is 1. The van der Waals surface area contributed by atoms with Crippen molar-refractivity contribution in [1.82, 2.24) is 15.1 Å². The van der Waals surface area contributed by atoms with Gasteiger partial charge in [0.25, 0.3) is 0 Å². The Morgan fingerprint density at radius 3 is 2.48 bits per heavy atom. The van der Waals surface area contributed by atoms with Gasteiger partial charge in [0.15, 0.2) is 0 Å². The van der Waals surface area contributed by atoms with Crippen molar-refractivity contribution in [3.8, 4) is 0 Å². The lowest BCUT2D eigenvalue weighted by Gasteiger charge is -2.34. The van der Waals surface area contributed by atoms with Crippen LogP contribution in [-0.2, 0) is 16.0 Å². The summed E-state index contributed by atoms with van der Waals surface area (Å²) >= 11 is 0. The van der Waals surface area contributed by atoms with E-state index in [4.69, 9.17) is 0 Å². The molecule has 0 bridgehead atoms. The SMILES string of the molecule is CCc1ccccc1NC(=O)CN1CCN(C(=O)CNC)CC1. The maximum Gasteiger partial charge on any atom is 0.238 e. The predicted molar refractivity (Wildman–Crippen MR) is 91.4 cm³/mol. The highest BCUT2D eigenvalue weighted by Gasteiger charge is 2.22. The molecule has 0 unspecified atom stereocenters. The lowest BCUT2D eigenvalue weighted by Crippen LogP contribution is -2.52. The molecule has 1 aromatic rings. The van der Waals surface area contributed by atoms with E-state index in [-0.39, 0.29) is 11.8 Å². The van der Waals surface area contributed by atoms with Crippen LogP contribution in [0.25, 0.3) is 0 Å². The normalized spacial score (nSPS) is 15.5. The van der Waals surface area contributed by atoms with Crippen molar-refractivity contribution in [2.45, 2.75) is 13.3 Å². The van der Waals surface area contributed by atoms with Gasteiger partial charge in [0.1, 0.15) is 0 Å². The van der Waals surface area contributed by atoms with Crippen LogP contribution in [0.2, 0.25) is 0 Å². The topological polar surface area (TPSA) is 64.7 Å². The molecule has 0 saturated carbocycles. The number of benzene rings is 1. The maximum absolute atomic E-state index is 12.2. The molecular weight excluding hydrogens is 292 g/mol. The first-order chi connectivity index (χ1) is 11.1.